The number of thiazole rings is 1. The Bertz CT molecular complexity index is 1450. The molecule has 0 saturated carbocycles. The number of nitriles is 1. The van der Waals surface area contributed by atoms with Crippen molar-refractivity contribution in [1.82, 2.24) is 15.3 Å². The van der Waals surface area contributed by atoms with E-state index in [0.717, 1.165) is 25.9 Å². The molecule has 0 atom stereocenters. The second kappa shape index (κ2) is 11.2. The molecule has 11 heteroatoms. The third-order valence-electron chi connectivity index (χ3n) is 5.93. The van der Waals surface area contributed by atoms with Crippen LogP contribution in [0, 0.1) is 23.1 Å². The van der Waals surface area contributed by atoms with Gasteiger partial charge >= 0.3 is 6.03 Å². The topological polar surface area (TPSA) is 121 Å². The number of anilines is 2. The third-order valence-corrected chi connectivity index (χ3v) is 6.61. The van der Waals surface area contributed by atoms with E-state index in [1.54, 1.807) is 36.0 Å². The minimum absolute atomic E-state index is 0.0108. The highest BCUT2D eigenvalue weighted by Gasteiger charge is 2.17. The van der Waals surface area contributed by atoms with E-state index in [1.807, 2.05) is 0 Å². The van der Waals surface area contributed by atoms with Crippen LogP contribution in [-0.2, 0) is 0 Å². The summed E-state index contributed by atoms with van der Waals surface area (Å²) in [5.74, 6) is 0.887. The van der Waals surface area contributed by atoms with Crippen molar-refractivity contribution in [2.24, 2.45) is 5.92 Å². The Balaban J connectivity index is 1.31. The summed E-state index contributed by atoms with van der Waals surface area (Å²) in [5.41, 5.74) is 0.953. The van der Waals surface area contributed by atoms with Gasteiger partial charge in [0.05, 0.1) is 23.4 Å². The number of rotatable bonds is 7. The van der Waals surface area contributed by atoms with Gasteiger partial charge in [-0.1, -0.05) is 0 Å². The molecule has 37 heavy (non-hydrogen) atoms. The van der Waals surface area contributed by atoms with Gasteiger partial charge in [-0.2, -0.15) is 5.26 Å². The third kappa shape index (κ3) is 5.94. The van der Waals surface area contributed by atoms with E-state index in [9.17, 15) is 14.4 Å². The number of pyridine rings is 1. The maximum absolute atomic E-state index is 14.7. The fourth-order valence-corrected chi connectivity index (χ4v) is 4.55. The van der Waals surface area contributed by atoms with Gasteiger partial charge in [0.25, 0.3) is 0 Å². The van der Waals surface area contributed by atoms with Crippen molar-refractivity contribution >= 4 is 39.1 Å². The Labute approximate surface area is 216 Å². The van der Waals surface area contributed by atoms with E-state index in [2.05, 4.69) is 32.0 Å². The van der Waals surface area contributed by atoms with Gasteiger partial charge in [0, 0.05) is 35.3 Å². The molecule has 0 spiro atoms. The summed E-state index contributed by atoms with van der Waals surface area (Å²) in [6.07, 6.45) is 5.20. The van der Waals surface area contributed by atoms with Gasteiger partial charge in [0.1, 0.15) is 29.1 Å². The Morgan fingerprint density at radius 2 is 2.00 bits per heavy atom. The standard InChI is InChI=1S/C26H23FN6O3S/c27-20-12-18(1-2-21(20)32-25(34)33-26-31-9-10-37-26)36-23-5-8-30-22-13-24(17(14-28)11-19(22)23)35-15-16-3-6-29-7-4-16/h1-2,5,8-13,16,29H,3-4,6-7,15H2,(H2,31,32,33,34). The molecule has 0 bridgehead atoms. The van der Waals surface area contributed by atoms with Crippen molar-refractivity contribution in [3.63, 3.8) is 0 Å². The van der Waals surface area contributed by atoms with Gasteiger partial charge in [0.2, 0.25) is 0 Å². The van der Waals surface area contributed by atoms with Crippen LogP contribution in [-0.4, -0.2) is 35.7 Å². The number of halogens is 1. The van der Waals surface area contributed by atoms with Crippen LogP contribution in [0.3, 0.4) is 0 Å². The normalized spacial score (nSPS) is 13.6. The first-order chi connectivity index (χ1) is 18.1. The summed E-state index contributed by atoms with van der Waals surface area (Å²) in [7, 11) is 0. The molecule has 9 nitrogen and oxygen atoms in total. The summed E-state index contributed by atoms with van der Waals surface area (Å²) < 4.78 is 26.6. The lowest BCUT2D eigenvalue weighted by atomic mass is 9.99. The van der Waals surface area contributed by atoms with Gasteiger partial charge in [-0.15, -0.1) is 11.3 Å². The van der Waals surface area contributed by atoms with Gasteiger partial charge in [-0.05, 0) is 56.1 Å². The summed E-state index contributed by atoms with van der Waals surface area (Å²) >= 11 is 1.25. The molecule has 1 fully saturated rings. The number of hydrogen-bond donors (Lipinski definition) is 3. The molecule has 0 aliphatic carbocycles. The quantitative estimate of drug-likeness (QED) is 0.295. The minimum Gasteiger partial charge on any atom is -0.492 e. The van der Waals surface area contributed by atoms with Crippen molar-refractivity contribution in [3.05, 3.63) is 65.6 Å². The maximum Gasteiger partial charge on any atom is 0.325 e. The molecule has 2 aromatic heterocycles. The molecule has 0 radical (unpaired) electrons. The van der Waals surface area contributed by atoms with Crippen LogP contribution in [0.5, 0.6) is 17.2 Å². The summed E-state index contributed by atoms with van der Waals surface area (Å²) in [4.78, 5) is 20.4. The lowest BCUT2D eigenvalue weighted by Crippen LogP contribution is -2.30. The molecule has 188 valence electrons. The molecule has 1 aliphatic rings. The van der Waals surface area contributed by atoms with Gasteiger partial charge in [0.15, 0.2) is 5.13 Å². The number of urea groups is 1. The Hall–Kier alpha value is -4.27. The minimum atomic E-state index is -0.670. The first-order valence-corrected chi connectivity index (χ1v) is 12.6. The van der Waals surface area contributed by atoms with E-state index in [-0.39, 0.29) is 11.4 Å². The first kappa shape index (κ1) is 24.4. The highest BCUT2D eigenvalue weighted by atomic mass is 32.1. The fourth-order valence-electron chi connectivity index (χ4n) is 4.02. The molecule has 1 saturated heterocycles. The Kier molecular flexibility index (Phi) is 7.39. The van der Waals surface area contributed by atoms with Crippen LogP contribution in [0.1, 0.15) is 18.4 Å². The first-order valence-electron chi connectivity index (χ1n) is 11.7. The van der Waals surface area contributed by atoms with Gasteiger partial charge in [-0.25, -0.2) is 14.2 Å². The van der Waals surface area contributed by atoms with E-state index in [1.165, 1.54) is 29.5 Å². The van der Waals surface area contributed by atoms with Gasteiger partial charge < -0.3 is 20.1 Å². The molecule has 2 amide bonds. The lowest BCUT2D eigenvalue weighted by molar-refractivity contribution is 0.215. The van der Waals surface area contributed by atoms with Crippen LogP contribution >= 0.6 is 11.3 Å². The van der Waals surface area contributed by atoms with Gasteiger partial charge in [-0.3, -0.25) is 10.3 Å². The summed E-state index contributed by atoms with van der Waals surface area (Å²) in [6.45, 7) is 2.48. The van der Waals surface area contributed by atoms with Crippen molar-refractivity contribution in [3.8, 4) is 23.3 Å². The number of nitrogens with zero attached hydrogens (tertiary/aromatic N) is 3. The zero-order chi connectivity index (χ0) is 25.6. The predicted octanol–water partition coefficient (Wildman–Crippen LogP) is 5.52. The number of carbonyl (C=O) groups is 1. The van der Waals surface area contributed by atoms with Crippen LogP contribution in [0.2, 0.25) is 0 Å². The van der Waals surface area contributed by atoms with Crippen LogP contribution in [0.25, 0.3) is 10.9 Å². The molecule has 4 aromatic rings. The number of nitrogens with one attached hydrogen (secondary N) is 3. The summed E-state index contributed by atoms with van der Waals surface area (Å²) in [6, 6.07) is 10.7. The second-order valence-electron chi connectivity index (χ2n) is 8.45. The lowest BCUT2D eigenvalue weighted by Gasteiger charge is -2.23. The average molecular weight is 519 g/mol. The second-order valence-corrected chi connectivity index (χ2v) is 9.35. The molecular formula is C26H23FN6O3S. The molecule has 5 rings (SSSR count). The number of ether oxygens (including phenoxy) is 2. The number of amides is 2. The van der Waals surface area contributed by atoms with E-state index in [0.29, 0.717) is 45.6 Å². The fraction of sp³-hybridized carbons (Fsp3) is 0.231. The number of aromatic nitrogens is 2. The number of fused-ring (bicyclic) bond motifs is 1. The van der Waals surface area contributed by atoms with Crippen LogP contribution < -0.4 is 25.4 Å². The van der Waals surface area contributed by atoms with Crippen molar-refractivity contribution in [2.45, 2.75) is 12.8 Å². The van der Waals surface area contributed by atoms with E-state index < -0.39 is 11.8 Å². The molecule has 0 unspecified atom stereocenters. The number of hydrogen-bond acceptors (Lipinski definition) is 8. The zero-order valence-electron chi connectivity index (χ0n) is 19.7. The molecular weight excluding hydrogens is 495 g/mol. The Morgan fingerprint density at radius 1 is 1.14 bits per heavy atom. The van der Waals surface area contributed by atoms with Crippen molar-refractivity contribution in [2.75, 3.05) is 30.3 Å². The molecule has 2 aromatic carbocycles. The highest BCUT2D eigenvalue weighted by Crippen LogP contribution is 2.34. The van der Waals surface area contributed by atoms with Crippen molar-refractivity contribution < 1.29 is 18.7 Å². The smallest absolute Gasteiger partial charge is 0.325 e. The largest absolute Gasteiger partial charge is 0.492 e. The van der Waals surface area contributed by atoms with Crippen LogP contribution in [0.4, 0.5) is 20.0 Å². The number of carbonyl (C=O) groups excluding carboxylic acids is 1. The molecule has 3 N–H and O–H groups in total. The Morgan fingerprint density at radius 3 is 2.76 bits per heavy atom. The predicted molar refractivity (Wildman–Crippen MR) is 139 cm³/mol. The number of piperidine rings is 1. The monoisotopic (exact) mass is 518 g/mol. The van der Waals surface area contributed by atoms with Crippen molar-refractivity contribution in [1.29, 1.82) is 5.26 Å². The highest BCUT2D eigenvalue weighted by molar-refractivity contribution is 7.13. The SMILES string of the molecule is N#Cc1cc2c(Oc3ccc(NC(=O)Nc4nccs4)c(F)c3)ccnc2cc1OCC1CCNCC1. The molecule has 3 heterocycles. The van der Waals surface area contributed by atoms with Crippen LogP contribution in [0.15, 0.2) is 54.2 Å². The number of benzene rings is 2. The average Bonchev–Trinajstić information content (AvgIpc) is 3.42. The zero-order valence-corrected chi connectivity index (χ0v) is 20.5. The molecule has 1 aliphatic heterocycles. The maximum atomic E-state index is 14.7. The van der Waals surface area contributed by atoms with E-state index >= 15 is 0 Å². The van der Waals surface area contributed by atoms with E-state index in [4.69, 9.17) is 9.47 Å². The summed E-state index contributed by atoms with van der Waals surface area (Å²) in [5, 5.41) is 20.7.